The van der Waals surface area contributed by atoms with E-state index in [1.165, 1.54) is 11.8 Å². The summed E-state index contributed by atoms with van der Waals surface area (Å²) >= 11 is 3.13. The molecule has 0 saturated heterocycles. The second-order valence-electron chi connectivity index (χ2n) is 3.99. The van der Waals surface area contributed by atoms with Gasteiger partial charge in [-0.15, -0.1) is 11.3 Å². The summed E-state index contributed by atoms with van der Waals surface area (Å²) in [5.74, 6) is 0. The van der Waals surface area contributed by atoms with Crippen LogP contribution in [0.2, 0.25) is 0 Å². The smallest absolute Gasteiger partial charge is 0.192 e. The predicted molar refractivity (Wildman–Crippen MR) is 84.7 cm³/mol. The SMILES string of the molecule is [N-]=[N+]=Nc1ccc(Sc2nccc(-c3cccs3)n2)cc1. The van der Waals surface area contributed by atoms with E-state index in [-0.39, 0.29) is 0 Å². The third kappa shape index (κ3) is 3.41. The van der Waals surface area contributed by atoms with Gasteiger partial charge in [0.05, 0.1) is 10.6 Å². The molecule has 1 aromatic carbocycles. The monoisotopic (exact) mass is 311 g/mol. The maximum absolute atomic E-state index is 8.38. The largest absolute Gasteiger partial charge is 0.231 e. The Morgan fingerprint density at radius 2 is 2.00 bits per heavy atom. The van der Waals surface area contributed by atoms with Crippen molar-refractivity contribution in [2.45, 2.75) is 10.1 Å². The molecule has 0 atom stereocenters. The zero-order valence-corrected chi connectivity index (χ0v) is 12.4. The summed E-state index contributed by atoms with van der Waals surface area (Å²) in [6.07, 6.45) is 1.76. The Kier molecular flexibility index (Phi) is 4.16. The van der Waals surface area contributed by atoms with Crippen LogP contribution in [-0.4, -0.2) is 9.97 Å². The molecule has 3 aromatic rings. The fourth-order valence-corrected chi connectivity index (χ4v) is 3.13. The first-order valence-corrected chi connectivity index (χ1v) is 7.75. The number of aromatic nitrogens is 2. The molecule has 0 unspecified atom stereocenters. The minimum Gasteiger partial charge on any atom is -0.231 e. The van der Waals surface area contributed by atoms with Crippen LogP contribution in [0.25, 0.3) is 21.0 Å². The molecule has 0 spiro atoms. The van der Waals surface area contributed by atoms with Crippen molar-refractivity contribution in [2.24, 2.45) is 5.11 Å². The third-order valence-corrected chi connectivity index (χ3v) is 4.39. The molecule has 0 aliphatic carbocycles. The quantitative estimate of drug-likeness (QED) is 0.284. The van der Waals surface area contributed by atoms with Crippen LogP contribution in [-0.2, 0) is 0 Å². The zero-order valence-electron chi connectivity index (χ0n) is 10.7. The van der Waals surface area contributed by atoms with E-state index in [9.17, 15) is 0 Å². The Labute approximate surface area is 129 Å². The molecule has 0 bridgehead atoms. The van der Waals surface area contributed by atoms with Crippen LogP contribution in [0.4, 0.5) is 5.69 Å². The van der Waals surface area contributed by atoms with Crippen LogP contribution in [0.3, 0.4) is 0 Å². The molecule has 102 valence electrons. The lowest BCUT2D eigenvalue weighted by Gasteiger charge is -2.02. The number of rotatable bonds is 4. The number of nitrogens with zero attached hydrogens (tertiary/aromatic N) is 5. The lowest BCUT2D eigenvalue weighted by Crippen LogP contribution is -1.87. The minimum absolute atomic E-state index is 0.593. The van der Waals surface area contributed by atoms with Crippen molar-refractivity contribution >= 4 is 28.8 Å². The molecule has 0 aliphatic rings. The molecular weight excluding hydrogens is 302 g/mol. The van der Waals surface area contributed by atoms with E-state index in [0.717, 1.165) is 15.5 Å². The second-order valence-corrected chi connectivity index (χ2v) is 5.98. The molecule has 0 amide bonds. The average molecular weight is 311 g/mol. The van der Waals surface area contributed by atoms with Gasteiger partial charge in [0, 0.05) is 21.7 Å². The van der Waals surface area contributed by atoms with Gasteiger partial charge in [0.2, 0.25) is 0 Å². The summed E-state index contributed by atoms with van der Waals surface area (Å²) < 4.78 is 0. The maximum Gasteiger partial charge on any atom is 0.192 e. The van der Waals surface area contributed by atoms with Crippen LogP contribution in [0.15, 0.2) is 69.2 Å². The second kappa shape index (κ2) is 6.41. The first-order valence-electron chi connectivity index (χ1n) is 6.05. The van der Waals surface area contributed by atoms with Crippen molar-refractivity contribution in [1.29, 1.82) is 0 Å². The van der Waals surface area contributed by atoms with Crippen LogP contribution in [0, 0.1) is 0 Å². The Bertz CT molecular complexity index is 777. The van der Waals surface area contributed by atoms with Gasteiger partial charge in [-0.2, -0.15) is 0 Å². The van der Waals surface area contributed by atoms with E-state index in [1.54, 1.807) is 29.7 Å². The number of thiophene rings is 1. The Hall–Kier alpha value is -2.34. The third-order valence-electron chi connectivity index (χ3n) is 2.61. The molecule has 0 fully saturated rings. The van der Waals surface area contributed by atoms with Gasteiger partial charge >= 0.3 is 0 Å². The molecular formula is C14H9N5S2. The predicted octanol–water partition coefficient (Wildman–Crippen LogP) is 5.30. The maximum atomic E-state index is 8.38. The van der Waals surface area contributed by atoms with Crippen molar-refractivity contribution in [3.63, 3.8) is 0 Å². The molecule has 5 nitrogen and oxygen atoms in total. The van der Waals surface area contributed by atoms with Gasteiger partial charge in [-0.3, -0.25) is 0 Å². The molecule has 0 N–H and O–H groups in total. The number of azide groups is 1. The number of benzene rings is 1. The van der Waals surface area contributed by atoms with E-state index in [2.05, 4.69) is 20.0 Å². The number of hydrogen-bond acceptors (Lipinski definition) is 5. The van der Waals surface area contributed by atoms with E-state index >= 15 is 0 Å². The summed E-state index contributed by atoms with van der Waals surface area (Å²) in [7, 11) is 0. The van der Waals surface area contributed by atoms with E-state index in [4.69, 9.17) is 5.53 Å². The van der Waals surface area contributed by atoms with Crippen LogP contribution in [0.5, 0.6) is 0 Å². The zero-order chi connectivity index (χ0) is 14.5. The molecule has 2 aromatic heterocycles. The van der Waals surface area contributed by atoms with Crippen molar-refractivity contribution in [2.75, 3.05) is 0 Å². The molecule has 7 heteroatoms. The summed E-state index contributed by atoms with van der Waals surface area (Å²) in [6.45, 7) is 0. The van der Waals surface area contributed by atoms with Crippen molar-refractivity contribution < 1.29 is 0 Å². The standard InChI is InChI=1S/C14H9N5S2/c15-19-18-10-3-5-11(6-4-10)21-14-16-8-7-12(17-14)13-2-1-9-20-13/h1-9H. The molecule has 21 heavy (non-hydrogen) atoms. The minimum atomic E-state index is 0.593. The first kappa shape index (κ1) is 13.6. The lowest BCUT2D eigenvalue weighted by atomic mass is 10.3. The highest BCUT2D eigenvalue weighted by atomic mass is 32.2. The van der Waals surface area contributed by atoms with Gasteiger partial charge in [0.25, 0.3) is 0 Å². The van der Waals surface area contributed by atoms with E-state index in [0.29, 0.717) is 10.8 Å². The number of hydrogen-bond donors (Lipinski definition) is 0. The summed E-state index contributed by atoms with van der Waals surface area (Å²) in [6, 6.07) is 13.3. The summed E-state index contributed by atoms with van der Waals surface area (Å²) in [5, 5.41) is 6.26. The average Bonchev–Trinajstić information content (AvgIpc) is 3.04. The van der Waals surface area contributed by atoms with Gasteiger partial charge < -0.3 is 0 Å². The fourth-order valence-electron chi connectivity index (χ4n) is 1.69. The molecule has 3 rings (SSSR count). The van der Waals surface area contributed by atoms with Gasteiger partial charge in [0.1, 0.15) is 0 Å². The first-order chi connectivity index (χ1) is 10.3. The molecule has 0 radical (unpaired) electrons. The van der Waals surface area contributed by atoms with Gasteiger partial charge in [-0.25, -0.2) is 9.97 Å². The Morgan fingerprint density at radius 1 is 1.14 bits per heavy atom. The van der Waals surface area contributed by atoms with E-state index in [1.807, 2.05) is 35.7 Å². The van der Waals surface area contributed by atoms with Crippen molar-refractivity contribution in [1.82, 2.24) is 9.97 Å². The molecule has 0 saturated carbocycles. The normalized spacial score (nSPS) is 10.1. The van der Waals surface area contributed by atoms with Crippen molar-refractivity contribution in [3.8, 4) is 10.6 Å². The highest BCUT2D eigenvalue weighted by Crippen LogP contribution is 2.29. The van der Waals surface area contributed by atoms with Gasteiger partial charge in [-0.1, -0.05) is 23.3 Å². The summed E-state index contributed by atoms with van der Waals surface area (Å²) in [4.78, 5) is 13.7. The fraction of sp³-hybridized carbons (Fsp3) is 0. The topological polar surface area (TPSA) is 74.5 Å². The Morgan fingerprint density at radius 3 is 2.71 bits per heavy atom. The highest BCUT2D eigenvalue weighted by Gasteiger charge is 2.05. The van der Waals surface area contributed by atoms with Crippen LogP contribution in [0.1, 0.15) is 0 Å². The van der Waals surface area contributed by atoms with E-state index < -0.39 is 0 Å². The van der Waals surface area contributed by atoms with Crippen LogP contribution < -0.4 is 0 Å². The summed E-state index contributed by atoms with van der Waals surface area (Å²) in [5.41, 5.74) is 9.90. The van der Waals surface area contributed by atoms with Crippen molar-refractivity contribution in [3.05, 3.63) is 64.5 Å². The Balaban J connectivity index is 1.81. The molecule has 0 aliphatic heterocycles. The van der Waals surface area contributed by atoms with Crippen LogP contribution >= 0.6 is 23.1 Å². The van der Waals surface area contributed by atoms with Gasteiger partial charge in [-0.05, 0) is 46.9 Å². The highest BCUT2D eigenvalue weighted by molar-refractivity contribution is 7.99. The lowest BCUT2D eigenvalue weighted by molar-refractivity contribution is 0.974. The molecule has 2 heterocycles. The van der Waals surface area contributed by atoms with Gasteiger partial charge in [0.15, 0.2) is 5.16 Å².